The Bertz CT molecular complexity index is 2240. The van der Waals surface area contributed by atoms with Gasteiger partial charge in [0.2, 0.25) is 0 Å². The Labute approximate surface area is 309 Å². The molecule has 13 nitrogen and oxygen atoms in total. The number of halogens is 3. The second kappa shape index (κ2) is 14.6. The molecule has 3 aromatic carbocycles. The smallest absolute Gasteiger partial charge is 0.338 e. The van der Waals surface area contributed by atoms with Gasteiger partial charge in [-0.15, -0.1) is 11.3 Å². The van der Waals surface area contributed by atoms with Crippen LogP contribution in [-0.4, -0.2) is 89.6 Å². The van der Waals surface area contributed by atoms with Crippen LogP contribution >= 0.6 is 22.9 Å². The summed E-state index contributed by atoms with van der Waals surface area (Å²) >= 11 is 7.83. The molecule has 17 heteroatoms. The molecule has 2 saturated heterocycles. The summed E-state index contributed by atoms with van der Waals surface area (Å²) in [5, 5.41) is 25.0. The largest absolute Gasteiger partial charge is 0.478 e. The molecular formula is C36H28ClF2N7O6S. The van der Waals surface area contributed by atoms with Gasteiger partial charge < -0.3 is 24.8 Å². The number of anilines is 1. The third-order valence-corrected chi connectivity index (χ3v) is 10.1. The number of fused-ring (bicyclic) bond motifs is 1. The fourth-order valence-corrected chi connectivity index (χ4v) is 7.41. The third-order valence-electron chi connectivity index (χ3n) is 9.03. The number of carboxylic acid groups (broad SMARTS) is 1. The van der Waals surface area contributed by atoms with Crippen molar-refractivity contribution in [3.05, 3.63) is 116 Å². The van der Waals surface area contributed by atoms with Crippen LogP contribution in [0.1, 0.15) is 32.5 Å². The number of hydrogen-bond donors (Lipinski definition) is 2. The number of nitrogens with one attached hydrogen (secondary N) is 1. The molecule has 7 rings (SSSR count). The zero-order chi connectivity index (χ0) is 37.4. The molecule has 3 aliphatic rings. The third kappa shape index (κ3) is 7.01. The number of rotatable bonds is 9. The highest BCUT2D eigenvalue weighted by Gasteiger charge is 2.43. The average molecular weight is 760 g/mol. The highest BCUT2D eigenvalue weighted by Crippen LogP contribution is 2.38. The van der Waals surface area contributed by atoms with Crippen LogP contribution in [0.5, 0.6) is 11.5 Å². The van der Waals surface area contributed by atoms with Crippen molar-refractivity contribution in [3.63, 3.8) is 0 Å². The topological polar surface area (TPSA) is 161 Å². The summed E-state index contributed by atoms with van der Waals surface area (Å²) in [6.45, 7) is 1.69. The SMILES string of the molecule is COC(=O)C1=C(CN2CCN3C(=O)N(c4ccc(Oc5cc(C(=O)O)ccc5F)cc4C#N)C[C@@H]3C2)NC(c2nccs2)=N[C@H]1c1ccc(F)cc1Cl. The highest BCUT2D eigenvalue weighted by atomic mass is 35.5. The van der Waals surface area contributed by atoms with E-state index in [0.29, 0.717) is 47.4 Å². The van der Waals surface area contributed by atoms with Gasteiger partial charge in [-0.25, -0.2) is 28.1 Å². The van der Waals surface area contributed by atoms with Crippen molar-refractivity contribution in [3.8, 4) is 17.6 Å². The van der Waals surface area contributed by atoms with Crippen molar-refractivity contribution < 1.29 is 37.7 Å². The number of aromatic carboxylic acids is 1. The number of nitriles is 1. The first-order valence-electron chi connectivity index (χ1n) is 16.1. The van der Waals surface area contributed by atoms with E-state index in [4.69, 9.17) is 26.1 Å². The molecule has 2 fully saturated rings. The molecule has 0 radical (unpaired) electrons. The van der Waals surface area contributed by atoms with Crippen molar-refractivity contribution in [2.75, 3.05) is 44.7 Å². The second-order valence-electron chi connectivity index (χ2n) is 12.2. The summed E-state index contributed by atoms with van der Waals surface area (Å²) in [5.41, 5.74) is 1.36. The van der Waals surface area contributed by atoms with Crippen LogP contribution < -0.4 is 15.0 Å². The number of carbonyl (C=O) groups excluding carboxylic acids is 2. The van der Waals surface area contributed by atoms with Gasteiger partial charge in [0.1, 0.15) is 23.7 Å². The first-order valence-corrected chi connectivity index (χ1v) is 17.4. The summed E-state index contributed by atoms with van der Waals surface area (Å²) in [6.07, 6.45) is 1.63. The highest BCUT2D eigenvalue weighted by molar-refractivity contribution is 7.11. The second-order valence-corrected chi connectivity index (χ2v) is 13.5. The monoisotopic (exact) mass is 759 g/mol. The van der Waals surface area contributed by atoms with Gasteiger partial charge >= 0.3 is 18.0 Å². The quantitative estimate of drug-likeness (QED) is 0.206. The molecule has 3 aliphatic heterocycles. The lowest BCUT2D eigenvalue weighted by Gasteiger charge is -2.38. The van der Waals surface area contributed by atoms with Crippen molar-refractivity contribution in [1.29, 1.82) is 5.26 Å². The van der Waals surface area contributed by atoms with E-state index in [0.717, 1.165) is 24.3 Å². The van der Waals surface area contributed by atoms with Crippen LogP contribution in [0.25, 0.3) is 0 Å². The summed E-state index contributed by atoms with van der Waals surface area (Å²) in [4.78, 5) is 52.9. The molecule has 0 bridgehead atoms. The van der Waals surface area contributed by atoms with Crippen molar-refractivity contribution in [2.24, 2.45) is 4.99 Å². The van der Waals surface area contributed by atoms with E-state index in [2.05, 4.69) is 21.3 Å². The molecule has 4 aromatic rings. The van der Waals surface area contributed by atoms with E-state index in [1.165, 1.54) is 53.7 Å². The molecule has 2 N–H and O–H groups in total. The van der Waals surface area contributed by atoms with E-state index in [1.54, 1.807) is 16.5 Å². The van der Waals surface area contributed by atoms with Gasteiger partial charge in [0, 0.05) is 66.7 Å². The molecule has 0 aliphatic carbocycles. The lowest BCUT2D eigenvalue weighted by Crippen LogP contribution is -2.53. The molecule has 270 valence electrons. The number of amidine groups is 1. The standard InChI is InChI=1S/C36H28ClF2N7O6S/c1-51-35(49)30-27(42-32(33-41-8-11-53-33)43-31(30)24-5-3-21(38)14-25(24)37)18-44-9-10-45-22(16-44)17-46(36(45)50)28-7-4-23(12-20(28)15-40)52-29-13-19(34(47)48)2-6-26(29)39/h2-8,11-14,22,31H,9-10,16-18H2,1H3,(H,42,43)(H,47,48)/t22-,31-/m0/s1. The Kier molecular flexibility index (Phi) is 9.80. The Morgan fingerprint density at radius 2 is 1.96 bits per heavy atom. The number of methoxy groups -OCH3 is 1. The fraction of sp³-hybridized carbons (Fsp3) is 0.222. The lowest BCUT2D eigenvalue weighted by atomic mass is 9.95. The van der Waals surface area contributed by atoms with E-state index in [1.807, 2.05) is 0 Å². The van der Waals surface area contributed by atoms with Gasteiger partial charge in [0.05, 0.1) is 35.5 Å². The van der Waals surface area contributed by atoms with E-state index in [-0.39, 0.29) is 58.4 Å². The number of carboxylic acids is 1. The van der Waals surface area contributed by atoms with Crippen LogP contribution in [0, 0.1) is 23.0 Å². The molecular weight excluding hydrogens is 732 g/mol. The maximum absolute atomic E-state index is 14.4. The number of urea groups is 1. The molecule has 0 spiro atoms. The lowest BCUT2D eigenvalue weighted by molar-refractivity contribution is -0.136. The van der Waals surface area contributed by atoms with Crippen molar-refractivity contribution in [2.45, 2.75) is 12.1 Å². The van der Waals surface area contributed by atoms with Gasteiger partial charge in [0.15, 0.2) is 22.4 Å². The number of aromatic nitrogens is 1. The van der Waals surface area contributed by atoms with E-state index < -0.39 is 29.6 Å². The summed E-state index contributed by atoms with van der Waals surface area (Å²) in [7, 11) is 1.26. The summed E-state index contributed by atoms with van der Waals surface area (Å²) in [6, 6.07) is 12.0. The summed E-state index contributed by atoms with van der Waals surface area (Å²) in [5.74, 6) is -3.06. The first-order chi connectivity index (χ1) is 25.5. The van der Waals surface area contributed by atoms with Crippen LogP contribution in [0.3, 0.4) is 0 Å². The normalized spacial score (nSPS) is 18.6. The van der Waals surface area contributed by atoms with Gasteiger partial charge in [-0.1, -0.05) is 17.7 Å². The Morgan fingerprint density at radius 1 is 1.13 bits per heavy atom. The van der Waals surface area contributed by atoms with Crippen LogP contribution in [0.15, 0.2) is 82.4 Å². The van der Waals surface area contributed by atoms with Gasteiger partial charge in [0.25, 0.3) is 0 Å². The van der Waals surface area contributed by atoms with Crippen LogP contribution in [0.4, 0.5) is 19.3 Å². The van der Waals surface area contributed by atoms with Crippen LogP contribution in [-0.2, 0) is 9.53 Å². The zero-order valence-corrected chi connectivity index (χ0v) is 29.3. The Hall–Kier alpha value is -5.89. The molecule has 0 unspecified atom stereocenters. The number of nitrogens with zero attached hydrogens (tertiary/aromatic N) is 6. The zero-order valence-electron chi connectivity index (χ0n) is 27.8. The maximum Gasteiger partial charge on any atom is 0.338 e. The first kappa shape index (κ1) is 35.5. The Morgan fingerprint density at radius 3 is 2.68 bits per heavy atom. The minimum Gasteiger partial charge on any atom is -0.478 e. The number of piperazine rings is 1. The van der Waals surface area contributed by atoms with E-state index >= 15 is 0 Å². The summed E-state index contributed by atoms with van der Waals surface area (Å²) < 4.78 is 39.2. The minimum absolute atomic E-state index is 0.0813. The number of ether oxygens (including phenoxy) is 2. The van der Waals surface area contributed by atoms with Gasteiger partial charge in [-0.2, -0.15) is 5.26 Å². The number of benzene rings is 3. The molecule has 4 heterocycles. The predicted octanol–water partition coefficient (Wildman–Crippen LogP) is 5.58. The number of aliphatic imine (C=N–C) groups is 1. The number of hydrogen-bond acceptors (Lipinski definition) is 11. The van der Waals surface area contributed by atoms with Crippen molar-refractivity contribution in [1.82, 2.24) is 20.1 Å². The average Bonchev–Trinajstić information content (AvgIpc) is 3.80. The van der Waals surface area contributed by atoms with Gasteiger partial charge in [-0.05, 0) is 42.5 Å². The van der Waals surface area contributed by atoms with Gasteiger partial charge in [-0.3, -0.25) is 14.8 Å². The Balaban J connectivity index is 1.13. The molecule has 53 heavy (non-hydrogen) atoms. The maximum atomic E-state index is 14.4. The number of carbonyl (C=O) groups is 3. The molecule has 2 atom stereocenters. The number of thiazole rings is 1. The number of amides is 2. The number of esters is 1. The molecule has 1 aromatic heterocycles. The van der Waals surface area contributed by atoms with E-state index in [9.17, 15) is 33.5 Å². The minimum atomic E-state index is -1.26. The predicted molar refractivity (Wildman–Crippen MR) is 189 cm³/mol. The molecule has 2 amide bonds. The fourth-order valence-electron chi connectivity index (χ4n) is 6.55. The van der Waals surface area contributed by atoms with Crippen molar-refractivity contribution >= 4 is 52.4 Å². The molecule has 0 saturated carbocycles. The van der Waals surface area contributed by atoms with Crippen LogP contribution in [0.2, 0.25) is 5.02 Å².